The van der Waals surface area contributed by atoms with Gasteiger partial charge in [0.25, 0.3) is 0 Å². The molecule has 0 saturated carbocycles. The predicted octanol–water partition coefficient (Wildman–Crippen LogP) is 2.12. The van der Waals surface area contributed by atoms with Gasteiger partial charge in [-0.3, -0.25) is 4.79 Å². The molecule has 0 aromatic heterocycles. The van der Waals surface area contributed by atoms with Gasteiger partial charge in [0.05, 0.1) is 13.0 Å². The highest BCUT2D eigenvalue weighted by atomic mass is 16.5. The van der Waals surface area contributed by atoms with Gasteiger partial charge in [-0.15, -0.1) is 0 Å². The van der Waals surface area contributed by atoms with E-state index < -0.39 is 0 Å². The Morgan fingerprint density at radius 3 is 2.94 bits per heavy atom. The van der Waals surface area contributed by atoms with Crippen molar-refractivity contribution >= 4 is 11.5 Å². The van der Waals surface area contributed by atoms with Gasteiger partial charge >= 0.3 is 0 Å². The van der Waals surface area contributed by atoms with Crippen molar-refractivity contribution in [1.29, 1.82) is 0 Å². The molecule has 0 saturated heterocycles. The number of rotatable bonds is 1. The molecule has 2 aliphatic rings. The SMILES string of the molecule is COc1cccc2c1CCC1=C2C(C)C(=O)N1. The van der Waals surface area contributed by atoms with Gasteiger partial charge in [0, 0.05) is 11.3 Å². The Labute approximate surface area is 100 Å². The van der Waals surface area contributed by atoms with Crippen LogP contribution in [0.1, 0.15) is 24.5 Å². The molecule has 1 aliphatic carbocycles. The minimum absolute atomic E-state index is 0.0452. The van der Waals surface area contributed by atoms with Crippen molar-refractivity contribution in [2.24, 2.45) is 5.92 Å². The van der Waals surface area contributed by atoms with E-state index in [1.165, 1.54) is 11.1 Å². The summed E-state index contributed by atoms with van der Waals surface area (Å²) >= 11 is 0. The van der Waals surface area contributed by atoms with Crippen LogP contribution in [0, 0.1) is 5.92 Å². The van der Waals surface area contributed by atoms with E-state index in [4.69, 9.17) is 4.74 Å². The summed E-state index contributed by atoms with van der Waals surface area (Å²) in [6.45, 7) is 1.96. The van der Waals surface area contributed by atoms with Crippen LogP contribution in [-0.4, -0.2) is 13.0 Å². The monoisotopic (exact) mass is 229 g/mol. The van der Waals surface area contributed by atoms with E-state index in [-0.39, 0.29) is 11.8 Å². The summed E-state index contributed by atoms with van der Waals surface area (Å²) < 4.78 is 5.40. The topological polar surface area (TPSA) is 38.3 Å². The second-order valence-corrected chi connectivity index (χ2v) is 4.59. The van der Waals surface area contributed by atoms with Gasteiger partial charge in [-0.25, -0.2) is 0 Å². The van der Waals surface area contributed by atoms with Crippen LogP contribution in [0.25, 0.3) is 5.57 Å². The number of methoxy groups -OCH3 is 1. The summed E-state index contributed by atoms with van der Waals surface area (Å²) in [5.41, 5.74) is 4.67. The normalized spacial score (nSPS) is 22.0. The first-order valence-electron chi connectivity index (χ1n) is 5.92. The first-order chi connectivity index (χ1) is 8.22. The van der Waals surface area contributed by atoms with E-state index in [1.54, 1.807) is 7.11 Å². The average Bonchev–Trinajstić information content (AvgIpc) is 2.64. The average molecular weight is 229 g/mol. The van der Waals surface area contributed by atoms with Gasteiger partial charge in [0.15, 0.2) is 0 Å². The zero-order valence-corrected chi connectivity index (χ0v) is 10.0. The molecule has 0 radical (unpaired) electrons. The standard InChI is InChI=1S/C14H15NO2/c1-8-13-10-4-3-5-12(17-2)9(10)6-7-11(13)15-14(8)16/h3-5,8H,6-7H2,1-2H3,(H,15,16). The van der Waals surface area contributed by atoms with E-state index in [0.29, 0.717) is 0 Å². The maximum Gasteiger partial charge on any atom is 0.231 e. The number of hydrogen-bond donors (Lipinski definition) is 1. The third kappa shape index (κ3) is 1.38. The number of benzene rings is 1. The van der Waals surface area contributed by atoms with Crippen molar-refractivity contribution in [2.75, 3.05) is 7.11 Å². The molecule has 1 aliphatic heterocycles. The molecular formula is C14H15NO2. The fourth-order valence-corrected chi connectivity index (χ4v) is 2.83. The molecular weight excluding hydrogens is 214 g/mol. The van der Waals surface area contributed by atoms with Crippen molar-refractivity contribution in [2.45, 2.75) is 19.8 Å². The second kappa shape index (κ2) is 3.62. The molecule has 17 heavy (non-hydrogen) atoms. The van der Waals surface area contributed by atoms with Crippen LogP contribution in [0.2, 0.25) is 0 Å². The molecule has 0 bridgehead atoms. The number of fused-ring (bicyclic) bond motifs is 2. The number of nitrogens with one attached hydrogen (secondary N) is 1. The van der Waals surface area contributed by atoms with Gasteiger partial charge in [-0.2, -0.15) is 0 Å². The van der Waals surface area contributed by atoms with Gasteiger partial charge in [0.2, 0.25) is 5.91 Å². The zero-order chi connectivity index (χ0) is 12.0. The number of ether oxygens (including phenoxy) is 1. The number of hydrogen-bond acceptors (Lipinski definition) is 2. The van der Waals surface area contributed by atoms with Gasteiger partial charge in [-0.05, 0) is 37.0 Å². The summed E-state index contributed by atoms with van der Waals surface area (Å²) in [7, 11) is 1.70. The Morgan fingerprint density at radius 2 is 2.18 bits per heavy atom. The lowest BCUT2D eigenvalue weighted by atomic mass is 9.84. The molecule has 1 aromatic carbocycles. The lowest BCUT2D eigenvalue weighted by molar-refractivity contribution is -0.121. The molecule has 0 fully saturated rings. The van der Waals surface area contributed by atoms with Crippen LogP contribution < -0.4 is 10.1 Å². The van der Waals surface area contributed by atoms with Gasteiger partial charge < -0.3 is 10.1 Å². The Hall–Kier alpha value is -1.77. The van der Waals surface area contributed by atoms with E-state index in [0.717, 1.165) is 29.9 Å². The molecule has 3 heteroatoms. The molecule has 1 heterocycles. The van der Waals surface area contributed by atoms with Crippen LogP contribution in [0.5, 0.6) is 5.75 Å². The Morgan fingerprint density at radius 1 is 1.35 bits per heavy atom. The highest BCUT2D eigenvalue weighted by Crippen LogP contribution is 2.41. The molecule has 1 atom stereocenters. The number of carbonyl (C=O) groups is 1. The fraction of sp³-hybridized carbons (Fsp3) is 0.357. The highest BCUT2D eigenvalue weighted by molar-refractivity contribution is 6.00. The zero-order valence-electron chi connectivity index (χ0n) is 10.0. The first-order valence-corrected chi connectivity index (χ1v) is 5.92. The smallest absolute Gasteiger partial charge is 0.231 e. The van der Waals surface area contributed by atoms with Crippen LogP contribution >= 0.6 is 0 Å². The Kier molecular flexibility index (Phi) is 2.21. The number of amides is 1. The highest BCUT2D eigenvalue weighted by Gasteiger charge is 2.34. The summed E-state index contributed by atoms with van der Waals surface area (Å²) in [6, 6.07) is 6.06. The maximum absolute atomic E-state index is 11.7. The summed E-state index contributed by atoms with van der Waals surface area (Å²) in [5.74, 6) is 1.00. The first kappa shape index (κ1) is 10.4. The van der Waals surface area contributed by atoms with Crippen molar-refractivity contribution in [1.82, 2.24) is 5.32 Å². The number of allylic oxidation sites excluding steroid dienone is 1. The largest absolute Gasteiger partial charge is 0.496 e. The van der Waals surface area contributed by atoms with Crippen molar-refractivity contribution < 1.29 is 9.53 Å². The third-order valence-electron chi connectivity index (χ3n) is 3.69. The van der Waals surface area contributed by atoms with Crippen LogP contribution in [0.15, 0.2) is 23.9 Å². The molecule has 1 aromatic rings. The lowest BCUT2D eigenvalue weighted by Gasteiger charge is -2.21. The Bertz CT molecular complexity index is 531. The van der Waals surface area contributed by atoms with Crippen molar-refractivity contribution in [3.63, 3.8) is 0 Å². The van der Waals surface area contributed by atoms with Crippen molar-refractivity contribution in [3.8, 4) is 5.75 Å². The second-order valence-electron chi connectivity index (χ2n) is 4.59. The van der Waals surface area contributed by atoms with E-state index >= 15 is 0 Å². The maximum atomic E-state index is 11.7. The molecule has 1 amide bonds. The lowest BCUT2D eigenvalue weighted by Crippen LogP contribution is -2.19. The van der Waals surface area contributed by atoms with E-state index in [9.17, 15) is 4.79 Å². The van der Waals surface area contributed by atoms with Gasteiger partial charge in [-0.1, -0.05) is 12.1 Å². The summed E-state index contributed by atoms with van der Waals surface area (Å²) in [4.78, 5) is 11.7. The summed E-state index contributed by atoms with van der Waals surface area (Å²) in [5, 5.41) is 2.98. The van der Waals surface area contributed by atoms with Crippen LogP contribution in [-0.2, 0) is 11.2 Å². The quantitative estimate of drug-likeness (QED) is 0.801. The molecule has 1 unspecified atom stereocenters. The van der Waals surface area contributed by atoms with Gasteiger partial charge in [0.1, 0.15) is 5.75 Å². The predicted molar refractivity (Wildman–Crippen MR) is 65.5 cm³/mol. The minimum Gasteiger partial charge on any atom is -0.496 e. The van der Waals surface area contributed by atoms with E-state index in [1.807, 2.05) is 19.1 Å². The Balaban J connectivity index is 2.18. The summed E-state index contributed by atoms with van der Waals surface area (Å²) in [6.07, 6.45) is 1.84. The van der Waals surface area contributed by atoms with Crippen LogP contribution in [0.4, 0.5) is 0 Å². The minimum atomic E-state index is -0.0452. The molecule has 0 spiro atoms. The number of carbonyl (C=O) groups excluding carboxylic acids is 1. The molecule has 3 rings (SSSR count). The molecule has 88 valence electrons. The fourth-order valence-electron chi connectivity index (χ4n) is 2.83. The van der Waals surface area contributed by atoms with E-state index in [2.05, 4.69) is 11.4 Å². The molecule has 1 N–H and O–H groups in total. The van der Waals surface area contributed by atoms with Crippen LogP contribution in [0.3, 0.4) is 0 Å². The third-order valence-corrected chi connectivity index (χ3v) is 3.69. The van der Waals surface area contributed by atoms with Crippen molar-refractivity contribution in [3.05, 3.63) is 35.0 Å². The molecule has 3 nitrogen and oxygen atoms in total.